The van der Waals surface area contributed by atoms with Gasteiger partial charge >= 0.3 is 0 Å². The van der Waals surface area contributed by atoms with E-state index in [1.54, 1.807) is 12.1 Å². The van der Waals surface area contributed by atoms with Crippen molar-refractivity contribution in [1.29, 1.82) is 0 Å². The highest BCUT2D eigenvalue weighted by Crippen LogP contribution is 2.40. The number of sulfonamides is 1. The molecule has 0 radical (unpaired) electrons. The summed E-state index contributed by atoms with van der Waals surface area (Å²) in [6.07, 6.45) is 0. The lowest BCUT2D eigenvalue weighted by atomic mass is 10.1. The van der Waals surface area contributed by atoms with Crippen molar-refractivity contribution < 1.29 is 27.5 Å². The summed E-state index contributed by atoms with van der Waals surface area (Å²) in [5, 5.41) is 19.5. The lowest BCUT2D eigenvalue weighted by Gasteiger charge is -2.10. The summed E-state index contributed by atoms with van der Waals surface area (Å²) in [5.74, 6) is 0.189. The van der Waals surface area contributed by atoms with Gasteiger partial charge in [0.05, 0.1) is 19.6 Å². The summed E-state index contributed by atoms with van der Waals surface area (Å²) in [6, 6.07) is 7.40. The molecule has 3 aromatic rings. The smallest absolute Gasteiger partial charge is 0.241 e. The van der Waals surface area contributed by atoms with Gasteiger partial charge in [0, 0.05) is 11.6 Å². The maximum Gasteiger partial charge on any atom is 0.241 e. The van der Waals surface area contributed by atoms with E-state index in [1.165, 1.54) is 32.4 Å². The Kier molecular flexibility index (Phi) is 3.82. The van der Waals surface area contributed by atoms with Crippen LogP contribution in [-0.4, -0.2) is 32.9 Å². The minimum Gasteiger partial charge on any atom is -0.504 e. The fraction of sp³-hybridized carbons (Fsp3) is 0.133. The van der Waals surface area contributed by atoms with E-state index in [0.717, 1.165) is 0 Å². The van der Waals surface area contributed by atoms with E-state index in [4.69, 9.17) is 19.1 Å². The Morgan fingerprint density at radius 2 is 1.96 bits per heavy atom. The van der Waals surface area contributed by atoms with E-state index >= 15 is 0 Å². The number of rotatable bonds is 4. The van der Waals surface area contributed by atoms with Crippen molar-refractivity contribution in [3.63, 3.8) is 0 Å². The monoisotopic (exact) mass is 350 g/mol. The number of benzene rings is 2. The third-order valence-corrected chi connectivity index (χ3v) is 4.45. The molecule has 0 fully saturated rings. The van der Waals surface area contributed by atoms with Gasteiger partial charge in [-0.3, -0.25) is 0 Å². The fourth-order valence-electron chi connectivity index (χ4n) is 2.45. The zero-order valence-electron chi connectivity index (χ0n) is 12.8. The van der Waals surface area contributed by atoms with Gasteiger partial charge in [-0.05, 0) is 18.2 Å². The number of aromatic nitrogens is 1. The fourth-order valence-corrected chi connectivity index (χ4v) is 3.17. The Balaban J connectivity index is 2.32. The topological polar surface area (TPSA) is 125 Å². The van der Waals surface area contributed by atoms with Gasteiger partial charge in [0.25, 0.3) is 0 Å². The van der Waals surface area contributed by atoms with Crippen LogP contribution in [-0.2, 0) is 10.0 Å². The first-order valence-corrected chi connectivity index (χ1v) is 8.28. The Morgan fingerprint density at radius 3 is 2.58 bits per heavy atom. The van der Waals surface area contributed by atoms with Crippen molar-refractivity contribution >= 4 is 21.0 Å². The standard InChI is InChI=1S/C15H14N2O6S/c1-21-12-6-9-11(7-10(12)18)23-17-14(9)8-4-3-5-13(15(8)22-2)24(16,19)20/h3-7,18H,1-2H3,(H2,16,19,20). The zero-order chi connectivity index (χ0) is 17.5. The molecular formula is C15H14N2O6S. The first-order chi connectivity index (χ1) is 11.4. The lowest BCUT2D eigenvalue weighted by Crippen LogP contribution is -2.13. The Hall–Kier alpha value is -2.78. The molecule has 1 aromatic heterocycles. The van der Waals surface area contributed by atoms with Gasteiger partial charge in [0.2, 0.25) is 10.0 Å². The van der Waals surface area contributed by atoms with Crippen LogP contribution in [0.1, 0.15) is 0 Å². The van der Waals surface area contributed by atoms with Crippen LogP contribution < -0.4 is 14.6 Å². The van der Waals surface area contributed by atoms with Crippen LogP contribution >= 0.6 is 0 Å². The van der Waals surface area contributed by atoms with Crippen molar-refractivity contribution in [1.82, 2.24) is 5.16 Å². The Labute approximate surface area is 137 Å². The number of nitrogens with zero attached hydrogens (tertiary/aromatic N) is 1. The van der Waals surface area contributed by atoms with Crippen LogP contribution in [0.3, 0.4) is 0 Å². The molecule has 0 aliphatic rings. The van der Waals surface area contributed by atoms with Crippen LogP contribution in [0.2, 0.25) is 0 Å². The minimum absolute atomic E-state index is 0.0576. The molecule has 0 saturated carbocycles. The molecule has 9 heteroatoms. The molecule has 2 aromatic carbocycles. The number of methoxy groups -OCH3 is 2. The molecule has 3 N–H and O–H groups in total. The van der Waals surface area contributed by atoms with Gasteiger partial charge in [-0.1, -0.05) is 11.2 Å². The quantitative estimate of drug-likeness (QED) is 0.735. The molecule has 0 unspecified atom stereocenters. The number of ether oxygens (including phenoxy) is 2. The molecule has 3 rings (SSSR count). The summed E-state index contributed by atoms with van der Waals surface area (Å²) in [4.78, 5) is -0.163. The number of phenols is 1. The number of primary sulfonamides is 1. The van der Waals surface area contributed by atoms with E-state index in [-0.39, 0.29) is 22.1 Å². The normalized spacial score (nSPS) is 11.6. The van der Waals surface area contributed by atoms with Crippen LogP contribution in [0.5, 0.6) is 17.2 Å². The van der Waals surface area contributed by atoms with Crippen LogP contribution in [0.25, 0.3) is 22.2 Å². The number of aromatic hydroxyl groups is 1. The van der Waals surface area contributed by atoms with E-state index in [2.05, 4.69) is 5.16 Å². The Bertz CT molecular complexity index is 1030. The first kappa shape index (κ1) is 16.1. The average Bonchev–Trinajstić information content (AvgIpc) is 2.94. The molecular weight excluding hydrogens is 336 g/mol. The van der Waals surface area contributed by atoms with E-state index in [9.17, 15) is 13.5 Å². The number of para-hydroxylation sites is 1. The third kappa shape index (κ3) is 2.53. The van der Waals surface area contributed by atoms with E-state index in [1.807, 2.05) is 0 Å². The number of phenolic OH excluding ortho intramolecular Hbond substituents is 1. The summed E-state index contributed by atoms with van der Waals surface area (Å²) in [5.41, 5.74) is 1.03. The molecule has 0 bridgehead atoms. The molecule has 0 amide bonds. The van der Waals surface area contributed by atoms with Gasteiger partial charge < -0.3 is 19.1 Å². The maximum absolute atomic E-state index is 11.7. The predicted molar refractivity (Wildman–Crippen MR) is 85.6 cm³/mol. The minimum atomic E-state index is -3.98. The number of fused-ring (bicyclic) bond motifs is 1. The molecule has 0 aliphatic carbocycles. The highest BCUT2D eigenvalue weighted by Gasteiger charge is 2.23. The van der Waals surface area contributed by atoms with Crippen LogP contribution in [0.4, 0.5) is 0 Å². The lowest BCUT2D eigenvalue weighted by molar-refractivity contribution is 0.373. The highest BCUT2D eigenvalue weighted by molar-refractivity contribution is 7.89. The number of nitrogens with two attached hydrogens (primary N) is 1. The van der Waals surface area contributed by atoms with Crippen molar-refractivity contribution in [3.8, 4) is 28.5 Å². The Morgan fingerprint density at radius 1 is 1.21 bits per heavy atom. The van der Waals surface area contributed by atoms with Crippen molar-refractivity contribution in [2.24, 2.45) is 5.14 Å². The van der Waals surface area contributed by atoms with Crippen molar-refractivity contribution in [2.75, 3.05) is 14.2 Å². The molecule has 0 spiro atoms. The summed E-state index contributed by atoms with van der Waals surface area (Å²) < 4.78 is 39.0. The van der Waals surface area contributed by atoms with Crippen molar-refractivity contribution in [3.05, 3.63) is 30.3 Å². The summed E-state index contributed by atoms with van der Waals surface area (Å²) >= 11 is 0. The molecule has 0 atom stereocenters. The molecule has 126 valence electrons. The second-order valence-corrected chi connectivity index (χ2v) is 6.46. The summed E-state index contributed by atoms with van der Waals surface area (Å²) in [7, 11) is -1.23. The third-order valence-electron chi connectivity index (χ3n) is 3.52. The van der Waals surface area contributed by atoms with E-state index < -0.39 is 10.0 Å². The molecule has 8 nitrogen and oxygen atoms in total. The van der Waals surface area contributed by atoms with Crippen molar-refractivity contribution in [2.45, 2.75) is 4.90 Å². The largest absolute Gasteiger partial charge is 0.504 e. The summed E-state index contributed by atoms with van der Waals surface area (Å²) in [6.45, 7) is 0. The second-order valence-electron chi connectivity index (χ2n) is 4.93. The van der Waals surface area contributed by atoms with E-state index in [0.29, 0.717) is 22.2 Å². The van der Waals surface area contributed by atoms with Gasteiger partial charge in [0.1, 0.15) is 16.3 Å². The SMILES string of the molecule is COc1cc2c(-c3cccc(S(N)(=O)=O)c3OC)noc2cc1O. The van der Waals surface area contributed by atoms with Crippen LogP contribution in [0, 0.1) is 0 Å². The second kappa shape index (κ2) is 5.69. The van der Waals surface area contributed by atoms with Crippen LogP contribution in [0.15, 0.2) is 39.8 Å². The first-order valence-electron chi connectivity index (χ1n) is 6.73. The average molecular weight is 350 g/mol. The molecule has 0 saturated heterocycles. The van der Waals surface area contributed by atoms with Gasteiger partial charge in [0.15, 0.2) is 17.1 Å². The zero-order valence-corrected chi connectivity index (χ0v) is 13.6. The molecule has 24 heavy (non-hydrogen) atoms. The van der Waals surface area contributed by atoms with Gasteiger partial charge in [-0.2, -0.15) is 0 Å². The number of hydrogen-bond acceptors (Lipinski definition) is 7. The maximum atomic E-state index is 11.7. The van der Waals surface area contributed by atoms with Gasteiger partial charge in [-0.25, -0.2) is 13.6 Å². The van der Waals surface area contributed by atoms with Gasteiger partial charge in [-0.15, -0.1) is 0 Å². The number of hydrogen-bond donors (Lipinski definition) is 2. The molecule has 1 heterocycles. The predicted octanol–water partition coefficient (Wildman–Crippen LogP) is 1.86. The highest BCUT2D eigenvalue weighted by atomic mass is 32.2. The molecule has 0 aliphatic heterocycles.